The van der Waals surface area contributed by atoms with Gasteiger partial charge in [-0.3, -0.25) is 9.59 Å². The van der Waals surface area contributed by atoms with Crippen LogP contribution in [-0.4, -0.2) is 24.0 Å². The Hall–Kier alpha value is -2.99. The standard InChI is InChI=1S/C21H20N2O3S/c1-14-8-10-15(11-9-14)17(12-19(24)26-2)22-20(25)18-13-27-21(23-18)16-6-4-3-5-7-16/h3-11,13,17H,12H2,1-2H3,(H,22,25). The maximum atomic E-state index is 12.7. The van der Waals surface area contributed by atoms with Crippen molar-refractivity contribution in [3.05, 3.63) is 76.8 Å². The molecular weight excluding hydrogens is 360 g/mol. The van der Waals surface area contributed by atoms with Crippen molar-refractivity contribution >= 4 is 23.2 Å². The third-order valence-electron chi connectivity index (χ3n) is 4.14. The van der Waals surface area contributed by atoms with E-state index >= 15 is 0 Å². The molecule has 0 radical (unpaired) electrons. The van der Waals surface area contributed by atoms with Crippen LogP contribution in [0.3, 0.4) is 0 Å². The highest BCUT2D eigenvalue weighted by Crippen LogP contribution is 2.24. The number of carbonyl (C=O) groups excluding carboxylic acids is 2. The molecule has 1 unspecified atom stereocenters. The Morgan fingerprint density at radius 1 is 1.11 bits per heavy atom. The van der Waals surface area contributed by atoms with Gasteiger partial charge in [-0.25, -0.2) is 4.98 Å². The number of carbonyl (C=O) groups is 2. The minimum absolute atomic E-state index is 0.0565. The lowest BCUT2D eigenvalue weighted by Gasteiger charge is -2.18. The number of aromatic nitrogens is 1. The first-order chi connectivity index (χ1) is 13.1. The van der Waals surface area contributed by atoms with E-state index < -0.39 is 6.04 Å². The molecule has 138 valence electrons. The minimum atomic E-state index is -0.479. The molecule has 1 heterocycles. The lowest BCUT2D eigenvalue weighted by molar-refractivity contribution is -0.141. The van der Waals surface area contributed by atoms with Gasteiger partial charge in [-0.15, -0.1) is 11.3 Å². The second kappa shape index (κ2) is 8.60. The summed E-state index contributed by atoms with van der Waals surface area (Å²) >= 11 is 1.41. The fourth-order valence-corrected chi connectivity index (χ4v) is 3.43. The number of nitrogens with one attached hydrogen (secondary N) is 1. The summed E-state index contributed by atoms with van der Waals surface area (Å²) in [5.74, 6) is -0.702. The van der Waals surface area contributed by atoms with Crippen molar-refractivity contribution < 1.29 is 14.3 Å². The molecule has 0 spiro atoms. The number of esters is 1. The van der Waals surface area contributed by atoms with Gasteiger partial charge >= 0.3 is 5.97 Å². The van der Waals surface area contributed by atoms with Crippen LogP contribution in [0.25, 0.3) is 10.6 Å². The molecule has 27 heavy (non-hydrogen) atoms. The summed E-state index contributed by atoms with van der Waals surface area (Å²) in [6, 6.07) is 16.9. The Balaban J connectivity index is 1.79. The Kier molecular flexibility index (Phi) is 5.98. The second-order valence-electron chi connectivity index (χ2n) is 6.12. The number of ether oxygens (including phenoxy) is 1. The zero-order chi connectivity index (χ0) is 19.2. The first-order valence-corrected chi connectivity index (χ1v) is 9.40. The van der Waals surface area contributed by atoms with Crippen molar-refractivity contribution in [3.63, 3.8) is 0 Å². The lowest BCUT2D eigenvalue weighted by Crippen LogP contribution is -2.30. The minimum Gasteiger partial charge on any atom is -0.469 e. The van der Waals surface area contributed by atoms with E-state index in [1.165, 1.54) is 18.4 Å². The van der Waals surface area contributed by atoms with Crippen molar-refractivity contribution in [2.24, 2.45) is 0 Å². The Morgan fingerprint density at radius 3 is 2.48 bits per heavy atom. The molecule has 6 heteroatoms. The van der Waals surface area contributed by atoms with Gasteiger partial charge < -0.3 is 10.1 Å². The average Bonchev–Trinajstić information content (AvgIpc) is 3.19. The molecule has 0 aliphatic rings. The number of aryl methyl sites for hydroxylation is 1. The van der Waals surface area contributed by atoms with E-state index in [4.69, 9.17) is 4.74 Å². The number of hydrogen-bond acceptors (Lipinski definition) is 5. The molecule has 0 aliphatic carbocycles. The number of methoxy groups -OCH3 is 1. The van der Waals surface area contributed by atoms with Crippen LogP contribution in [0, 0.1) is 6.92 Å². The maximum absolute atomic E-state index is 12.7. The first kappa shape index (κ1) is 18.8. The van der Waals surface area contributed by atoms with Gasteiger partial charge in [0.05, 0.1) is 19.6 Å². The van der Waals surface area contributed by atoms with E-state index in [0.717, 1.165) is 21.7 Å². The van der Waals surface area contributed by atoms with Gasteiger partial charge in [0.2, 0.25) is 0 Å². The van der Waals surface area contributed by atoms with E-state index in [2.05, 4.69) is 10.3 Å². The number of nitrogens with zero attached hydrogens (tertiary/aromatic N) is 1. The SMILES string of the molecule is COC(=O)CC(NC(=O)c1csc(-c2ccccc2)n1)c1ccc(C)cc1. The summed E-state index contributed by atoms with van der Waals surface area (Å²) in [5.41, 5.74) is 3.25. The van der Waals surface area contributed by atoms with E-state index in [1.807, 2.05) is 61.5 Å². The van der Waals surface area contributed by atoms with Crippen molar-refractivity contribution in [2.75, 3.05) is 7.11 Å². The van der Waals surface area contributed by atoms with E-state index in [9.17, 15) is 9.59 Å². The van der Waals surface area contributed by atoms with Crippen LogP contribution in [0.5, 0.6) is 0 Å². The van der Waals surface area contributed by atoms with Crippen molar-refractivity contribution in [3.8, 4) is 10.6 Å². The van der Waals surface area contributed by atoms with E-state index in [-0.39, 0.29) is 18.3 Å². The molecule has 0 saturated carbocycles. The van der Waals surface area contributed by atoms with Crippen LogP contribution < -0.4 is 5.32 Å². The van der Waals surface area contributed by atoms with Gasteiger partial charge in [0.15, 0.2) is 0 Å². The van der Waals surface area contributed by atoms with Crippen LogP contribution in [0.2, 0.25) is 0 Å². The fraction of sp³-hybridized carbons (Fsp3) is 0.190. The molecule has 1 aromatic heterocycles. The van der Waals surface area contributed by atoms with Crippen molar-refractivity contribution in [1.82, 2.24) is 10.3 Å². The number of amides is 1. The van der Waals surface area contributed by atoms with Gasteiger partial charge in [-0.2, -0.15) is 0 Å². The largest absolute Gasteiger partial charge is 0.469 e. The highest BCUT2D eigenvalue weighted by atomic mass is 32.1. The van der Waals surface area contributed by atoms with Crippen LogP contribution in [-0.2, 0) is 9.53 Å². The van der Waals surface area contributed by atoms with Gasteiger partial charge in [0.1, 0.15) is 10.7 Å². The van der Waals surface area contributed by atoms with Gasteiger partial charge in [0, 0.05) is 10.9 Å². The van der Waals surface area contributed by atoms with E-state index in [0.29, 0.717) is 5.69 Å². The normalized spacial score (nSPS) is 11.6. The smallest absolute Gasteiger partial charge is 0.307 e. The average molecular weight is 380 g/mol. The molecule has 0 bridgehead atoms. The first-order valence-electron chi connectivity index (χ1n) is 8.52. The monoisotopic (exact) mass is 380 g/mol. The lowest BCUT2D eigenvalue weighted by atomic mass is 10.0. The molecule has 0 aliphatic heterocycles. The highest BCUT2D eigenvalue weighted by molar-refractivity contribution is 7.13. The van der Waals surface area contributed by atoms with Crippen LogP contribution in [0.4, 0.5) is 0 Å². The molecule has 3 aromatic rings. The van der Waals surface area contributed by atoms with Crippen LogP contribution in [0.1, 0.15) is 34.1 Å². The quantitative estimate of drug-likeness (QED) is 0.652. The van der Waals surface area contributed by atoms with Gasteiger partial charge in [-0.1, -0.05) is 60.2 Å². The predicted octanol–water partition coefficient (Wildman–Crippen LogP) is 4.15. The second-order valence-corrected chi connectivity index (χ2v) is 6.98. The molecule has 3 rings (SSSR count). The summed E-state index contributed by atoms with van der Waals surface area (Å²) in [6.45, 7) is 1.98. The Bertz CT molecular complexity index is 920. The molecule has 5 nitrogen and oxygen atoms in total. The predicted molar refractivity (Wildman–Crippen MR) is 106 cm³/mol. The number of rotatable bonds is 6. The van der Waals surface area contributed by atoms with Gasteiger partial charge in [-0.05, 0) is 12.5 Å². The zero-order valence-electron chi connectivity index (χ0n) is 15.1. The van der Waals surface area contributed by atoms with Crippen LogP contribution >= 0.6 is 11.3 Å². The Morgan fingerprint density at radius 2 is 1.81 bits per heavy atom. The molecule has 2 aromatic carbocycles. The molecular formula is C21H20N2O3S. The summed E-state index contributed by atoms with van der Waals surface area (Å²) < 4.78 is 4.77. The summed E-state index contributed by atoms with van der Waals surface area (Å²) in [5, 5.41) is 5.41. The zero-order valence-corrected chi connectivity index (χ0v) is 16.0. The molecule has 0 saturated heterocycles. The summed E-state index contributed by atoms with van der Waals surface area (Å²) in [4.78, 5) is 28.9. The maximum Gasteiger partial charge on any atom is 0.307 e. The van der Waals surface area contributed by atoms with E-state index in [1.54, 1.807) is 5.38 Å². The number of hydrogen-bond donors (Lipinski definition) is 1. The Labute approximate surface area is 162 Å². The molecule has 1 atom stereocenters. The topological polar surface area (TPSA) is 68.3 Å². The molecule has 1 N–H and O–H groups in total. The van der Waals surface area contributed by atoms with Crippen molar-refractivity contribution in [2.45, 2.75) is 19.4 Å². The molecule has 1 amide bonds. The summed E-state index contributed by atoms with van der Waals surface area (Å²) in [7, 11) is 1.34. The van der Waals surface area contributed by atoms with Gasteiger partial charge in [0.25, 0.3) is 5.91 Å². The number of benzene rings is 2. The van der Waals surface area contributed by atoms with Crippen LogP contribution in [0.15, 0.2) is 60.0 Å². The number of thiazole rings is 1. The molecule has 0 fully saturated rings. The third-order valence-corrected chi connectivity index (χ3v) is 5.03. The fourth-order valence-electron chi connectivity index (χ4n) is 2.62. The third kappa shape index (κ3) is 4.80. The summed E-state index contributed by atoms with van der Waals surface area (Å²) in [6.07, 6.45) is 0.0565. The van der Waals surface area contributed by atoms with Crippen molar-refractivity contribution in [1.29, 1.82) is 0 Å². The highest BCUT2D eigenvalue weighted by Gasteiger charge is 2.21.